The van der Waals surface area contributed by atoms with Gasteiger partial charge in [0.15, 0.2) is 6.10 Å². The molecule has 0 saturated heterocycles. The standard InChI is InChI=1S/C59H110O6/c1-4-7-10-13-16-19-21-23-25-27-29-31-33-35-37-40-43-46-49-52-58(61)64-55-56(54-63-57(60)51-48-45-42-39-18-15-12-9-6-3)65-59(62)53-50-47-44-41-38-36-34-32-30-28-26-24-22-20-17-14-11-8-5-2/h27,29,39,42,56H,4-26,28,30-38,40-41,43-55H2,1-3H3/b29-27-,42-39-. The van der Waals surface area contributed by atoms with Crippen molar-refractivity contribution >= 4 is 17.9 Å². The third-order valence-corrected chi connectivity index (χ3v) is 12.9. The first-order valence-electron chi connectivity index (χ1n) is 28.8. The van der Waals surface area contributed by atoms with E-state index in [0.29, 0.717) is 19.3 Å². The molecule has 0 fully saturated rings. The molecule has 0 aromatic heterocycles. The first kappa shape index (κ1) is 62.9. The average molecular weight is 916 g/mol. The summed E-state index contributed by atoms with van der Waals surface area (Å²) in [6.45, 7) is 6.62. The second-order valence-corrected chi connectivity index (χ2v) is 19.6. The van der Waals surface area contributed by atoms with Gasteiger partial charge in [-0.2, -0.15) is 0 Å². The molecule has 0 heterocycles. The van der Waals surface area contributed by atoms with Crippen LogP contribution in [0.5, 0.6) is 0 Å². The molecular weight excluding hydrogens is 805 g/mol. The van der Waals surface area contributed by atoms with Gasteiger partial charge in [-0.15, -0.1) is 0 Å². The molecule has 1 atom stereocenters. The smallest absolute Gasteiger partial charge is 0.306 e. The molecule has 382 valence electrons. The Morgan fingerprint density at radius 1 is 0.292 bits per heavy atom. The molecule has 6 nitrogen and oxygen atoms in total. The van der Waals surface area contributed by atoms with Crippen molar-refractivity contribution in [3.8, 4) is 0 Å². The van der Waals surface area contributed by atoms with Crippen LogP contribution in [0.3, 0.4) is 0 Å². The van der Waals surface area contributed by atoms with Crippen LogP contribution in [-0.2, 0) is 28.6 Å². The molecule has 0 rings (SSSR count). The molecule has 65 heavy (non-hydrogen) atoms. The molecule has 0 N–H and O–H groups in total. The van der Waals surface area contributed by atoms with Gasteiger partial charge in [-0.25, -0.2) is 0 Å². The van der Waals surface area contributed by atoms with Gasteiger partial charge in [0.2, 0.25) is 0 Å². The van der Waals surface area contributed by atoms with Crippen molar-refractivity contribution in [3.63, 3.8) is 0 Å². The molecule has 0 aromatic rings. The molecule has 0 radical (unpaired) electrons. The SMILES string of the molecule is CCCCCC/C=C\CCCC(=O)OCC(COC(=O)CCCCCCCCC/C=C\CCCCCCCCCC)OC(=O)CCCCCCCCCCCCCCCCCCCCC. The Kier molecular flexibility index (Phi) is 52.7. The minimum Gasteiger partial charge on any atom is -0.462 e. The van der Waals surface area contributed by atoms with Crippen molar-refractivity contribution in [2.75, 3.05) is 13.2 Å². The molecule has 1 unspecified atom stereocenters. The zero-order valence-electron chi connectivity index (χ0n) is 43.8. The zero-order chi connectivity index (χ0) is 47.2. The van der Waals surface area contributed by atoms with Crippen LogP contribution in [0.2, 0.25) is 0 Å². The number of carbonyl (C=O) groups excluding carboxylic acids is 3. The van der Waals surface area contributed by atoms with Crippen LogP contribution in [0.25, 0.3) is 0 Å². The van der Waals surface area contributed by atoms with Crippen molar-refractivity contribution in [1.29, 1.82) is 0 Å². The summed E-state index contributed by atoms with van der Waals surface area (Å²) < 4.78 is 16.8. The second kappa shape index (κ2) is 54.5. The van der Waals surface area contributed by atoms with Gasteiger partial charge < -0.3 is 14.2 Å². The number of esters is 3. The van der Waals surface area contributed by atoms with Crippen molar-refractivity contribution in [2.24, 2.45) is 0 Å². The maximum absolute atomic E-state index is 12.8. The van der Waals surface area contributed by atoms with Gasteiger partial charge in [0.05, 0.1) is 0 Å². The summed E-state index contributed by atoms with van der Waals surface area (Å²) >= 11 is 0. The highest BCUT2D eigenvalue weighted by Crippen LogP contribution is 2.17. The fraction of sp³-hybridized carbons (Fsp3) is 0.881. The van der Waals surface area contributed by atoms with Crippen LogP contribution in [0, 0.1) is 0 Å². The number of hydrogen-bond acceptors (Lipinski definition) is 6. The Hall–Kier alpha value is -2.11. The molecule has 0 aromatic carbocycles. The topological polar surface area (TPSA) is 78.9 Å². The van der Waals surface area contributed by atoms with Gasteiger partial charge in [-0.3, -0.25) is 14.4 Å². The normalized spacial score (nSPS) is 12.1. The van der Waals surface area contributed by atoms with Crippen LogP contribution in [0.4, 0.5) is 0 Å². The molecule has 6 heteroatoms. The first-order valence-corrected chi connectivity index (χ1v) is 28.8. The molecule has 0 aliphatic heterocycles. The summed E-state index contributed by atoms with van der Waals surface area (Å²) in [4.78, 5) is 38.0. The summed E-state index contributed by atoms with van der Waals surface area (Å²) in [5, 5.41) is 0. The van der Waals surface area contributed by atoms with E-state index in [0.717, 1.165) is 57.8 Å². The largest absolute Gasteiger partial charge is 0.462 e. The second-order valence-electron chi connectivity index (χ2n) is 19.6. The summed E-state index contributed by atoms with van der Waals surface area (Å²) in [6, 6.07) is 0. The van der Waals surface area contributed by atoms with Gasteiger partial charge >= 0.3 is 17.9 Å². The fourth-order valence-corrected chi connectivity index (χ4v) is 8.56. The molecule has 0 aliphatic rings. The predicted molar refractivity (Wildman–Crippen MR) is 279 cm³/mol. The highest BCUT2D eigenvalue weighted by atomic mass is 16.6. The van der Waals surface area contributed by atoms with E-state index in [1.165, 1.54) is 218 Å². The lowest BCUT2D eigenvalue weighted by Crippen LogP contribution is -2.30. The molecular formula is C59H110O6. The summed E-state index contributed by atoms with van der Waals surface area (Å²) in [7, 11) is 0. The maximum atomic E-state index is 12.8. The van der Waals surface area contributed by atoms with Crippen LogP contribution in [0.15, 0.2) is 24.3 Å². The molecule has 0 amide bonds. The lowest BCUT2D eigenvalue weighted by molar-refractivity contribution is -0.167. The van der Waals surface area contributed by atoms with E-state index >= 15 is 0 Å². The number of ether oxygens (including phenoxy) is 3. The average Bonchev–Trinajstić information content (AvgIpc) is 3.30. The Morgan fingerprint density at radius 3 is 0.846 bits per heavy atom. The van der Waals surface area contributed by atoms with Gasteiger partial charge in [0.25, 0.3) is 0 Å². The highest BCUT2D eigenvalue weighted by Gasteiger charge is 2.19. The molecule has 0 bridgehead atoms. The number of rotatable bonds is 53. The molecule has 0 saturated carbocycles. The molecule has 0 spiro atoms. The van der Waals surface area contributed by atoms with Crippen LogP contribution >= 0.6 is 0 Å². The zero-order valence-corrected chi connectivity index (χ0v) is 43.8. The number of hydrogen-bond donors (Lipinski definition) is 0. The Bertz CT molecular complexity index is 1050. The van der Waals surface area contributed by atoms with Gasteiger partial charge in [-0.05, 0) is 64.2 Å². The van der Waals surface area contributed by atoms with E-state index < -0.39 is 6.10 Å². The Labute approximate surface area is 404 Å². The van der Waals surface area contributed by atoms with Gasteiger partial charge in [0.1, 0.15) is 13.2 Å². The monoisotopic (exact) mass is 915 g/mol. The first-order chi connectivity index (χ1) is 32.0. The van der Waals surface area contributed by atoms with Crippen molar-refractivity contribution in [2.45, 2.75) is 322 Å². The summed E-state index contributed by atoms with van der Waals surface area (Å²) in [5.74, 6) is -0.900. The summed E-state index contributed by atoms with van der Waals surface area (Å²) in [6.07, 6.45) is 63.3. The third kappa shape index (κ3) is 52.7. The van der Waals surface area contributed by atoms with Crippen molar-refractivity contribution in [1.82, 2.24) is 0 Å². The van der Waals surface area contributed by atoms with E-state index in [9.17, 15) is 14.4 Å². The number of carbonyl (C=O) groups is 3. The predicted octanol–water partition coefficient (Wildman–Crippen LogP) is 19.1. The lowest BCUT2D eigenvalue weighted by atomic mass is 10.0. The van der Waals surface area contributed by atoms with Gasteiger partial charge in [0, 0.05) is 19.3 Å². The Balaban J connectivity index is 4.24. The number of allylic oxidation sites excluding steroid dienone is 4. The van der Waals surface area contributed by atoms with Crippen molar-refractivity contribution < 1.29 is 28.6 Å². The number of unbranched alkanes of at least 4 members (excludes halogenated alkanes) is 38. The third-order valence-electron chi connectivity index (χ3n) is 12.9. The van der Waals surface area contributed by atoms with E-state index in [1.54, 1.807) is 0 Å². The van der Waals surface area contributed by atoms with Crippen LogP contribution in [-0.4, -0.2) is 37.2 Å². The van der Waals surface area contributed by atoms with E-state index in [4.69, 9.17) is 14.2 Å². The van der Waals surface area contributed by atoms with E-state index in [1.807, 2.05) is 0 Å². The van der Waals surface area contributed by atoms with E-state index in [2.05, 4.69) is 45.1 Å². The summed E-state index contributed by atoms with van der Waals surface area (Å²) in [5.41, 5.74) is 0. The van der Waals surface area contributed by atoms with Crippen LogP contribution < -0.4 is 0 Å². The van der Waals surface area contributed by atoms with Gasteiger partial charge in [-0.1, -0.05) is 257 Å². The lowest BCUT2D eigenvalue weighted by Gasteiger charge is -2.18. The van der Waals surface area contributed by atoms with Crippen molar-refractivity contribution in [3.05, 3.63) is 24.3 Å². The minimum atomic E-state index is -0.779. The highest BCUT2D eigenvalue weighted by molar-refractivity contribution is 5.71. The van der Waals surface area contributed by atoms with Crippen LogP contribution in [0.1, 0.15) is 316 Å². The van der Waals surface area contributed by atoms with E-state index in [-0.39, 0.29) is 31.1 Å². The molecule has 0 aliphatic carbocycles. The quantitative estimate of drug-likeness (QED) is 0.0262. The fourth-order valence-electron chi connectivity index (χ4n) is 8.56. The maximum Gasteiger partial charge on any atom is 0.306 e. The minimum absolute atomic E-state index is 0.0780. The Morgan fingerprint density at radius 2 is 0.523 bits per heavy atom.